The molecule has 0 saturated heterocycles. The molecule has 0 saturated carbocycles. The standard InChI is InChI=1S/C19H18N4O2/c1-11-8-12(2)23-18(21-11)15(10-20-23)19(24)22-13(3)17-9-14-6-4-5-7-16(14)25-17/h4-10,13H,1-3H3,(H,22,24). The van der Waals surface area contributed by atoms with Crippen molar-refractivity contribution in [1.82, 2.24) is 19.9 Å². The molecule has 1 N–H and O–H groups in total. The molecule has 0 bridgehead atoms. The number of carbonyl (C=O) groups is 1. The summed E-state index contributed by atoms with van der Waals surface area (Å²) in [6, 6.07) is 11.4. The Hall–Kier alpha value is -3.15. The number of aromatic nitrogens is 3. The fourth-order valence-corrected chi connectivity index (χ4v) is 2.99. The van der Waals surface area contributed by atoms with Gasteiger partial charge in [-0.2, -0.15) is 5.10 Å². The van der Waals surface area contributed by atoms with E-state index in [2.05, 4.69) is 15.4 Å². The van der Waals surface area contributed by atoms with E-state index in [1.54, 1.807) is 10.7 Å². The van der Waals surface area contributed by atoms with Gasteiger partial charge in [-0.1, -0.05) is 18.2 Å². The van der Waals surface area contributed by atoms with E-state index in [0.29, 0.717) is 17.0 Å². The van der Waals surface area contributed by atoms with Crippen molar-refractivity contribution in [1.29, 1.82) is 0 Å². The molecule has 0 aliphatic rings. The highest BCUT2D eigenvalue weighted by Crippen LogP contribution is 2.24. The Kier molecular flexibility index (Phi) is 3.53. The molecule has 0 fully saturated rings. The monoisotopic (exact) mass is 334 g/mol. The second-order valence-electron chi connectivity index (χ2n) is 6.21. The molecule has 0 spiro atoms. The second-order valence-corrected chi connectivity index (χ2v) is 6.21. The van der Waals surface area contributed by atoms with Crippen molar-refractivity contribution in [2.24, 2.45) is 0 Å². The maximum Gasteiger partial charge on any atom is 0.257 e. The van der Waals surface area contributed by atoms with Crippen LogP contribution in [0.4, 0.5) is 0 Å². The Labute approximate surface area is 144 Å². The number of carbonyl (C=O) groups excluding carboxylic acids is 1. The summed E-state index contributed by atoms with van der Waals surface area (Å²) in [6.07, 6.45) is 1.55. The van der Waals surface area contributed by atoms with Crippen LogP contribution in [0.2, 0.25) is 0 Å². The SMILES string of the molecule is Cc1cc(C)n2ncc(C(=O)NC(C)c3cc4ccccc4o3)c2n1. The Balaban J connectivity index is 1.63. The van der Waals surface area contributed by atoms with E-state index in [0.717, 1.165) is 22.4 Å². The Morgan fingerprint density at radius 3 is 2.84 bits per heavy atom. The summed E-state index contributed by atoms with van der Waals surface area (Å²) in [4.78, 5) is 17.1. The van der Waals surface area contributed by atoms with Crippen LogP contribution >= 0.6 is 0 Å². The lowest BCUT2D eigenvalue weighted by atomic mass is 10.2. The number of para-hydroxylation sites is 1. The third-order valence-corrected chi connectivity index (χ3v) is 4.24. The molecular formula is C19H18N4O2. The zero-order valence-corrected chi connectivity index (χ0v) is 14.3. The molecule has 4 rings (SSSR count). The molecule has 126 valence electrons. The first-order chi connectivity index (χ1) is 12.0. The van der Waals surface area contributed by atoms with E-state index in [1.807, 2.05) is 57.2 Å². The van der Waals surface area contributed by atoms with Crippen molar-refractivity contribution in [3.05, 3.63) is 65.3 Å². The van der Waals surface area contributed by atoms with Crippen LogP contribution in [0.3, 0.4) is 0 Å². The number of rotatable bonds is 3. The van der Waals surface area contributed by atoms with Crippen molar-refractivity contribution in [3.63, 3.8) is 0 Å². The van der Waals surface area contributed by atoms with Gasteiger partial charge < -0.3 is 9.73 Å². The number of furan rings is 1. The number of fused-ring (bicyclic) bond motifs is 2. The van der Waals surface area contributed by atoms with Crippen LogP contribution in [0, 0.1) is 13.8 Å². The van der Waals surface area contributed by atoms with E-state index in [1.165, 1.54) is 0 Å². The molecule has 0 aliphatic heterocycles. The largest absolute Gasteiger partial charge is 0.459 e. The second kappa shape index (κ2) is 5.73. The van der Waals surface area contributed by atoms with Crippen LogP contribution < -0.4 is 5.32 Å². The van der Waals surface area contributed by atoms with Gasteiger partial charge in [0.2, 0.25) is 0 Å². The van der Waals surface area contributed by atoms with Gasteiger partial charge in [0, 0.05) is 16.8 Å². The predicted molar refractivity (Wildman–Crippen MR) is 94.6 cm³/mol. The molecule has 0 aliphatic carbocycles. The highest BCUT2D eigenvalue weighted by Gasteiger charge is 2.19. The summed E-state index contributed by atoms with van der Waals surface area (Å²) in [5.41, 5.74) is 3.61. The third kappa shape index (κ3) is 2.65. The molecule has 0 radical (unpaired) electrons. The van der Waals surface area contributed by atoms with Crippen LogP contribution in [0.1, 0.15) is 40.5 Å². The van der Waals surface area contributed by atoms with E-state index in [4.69, 9.17) is 4.42 Å². The number of aryl methyl sites for hydroxylation is 2. The Morgan fingerprint density at radius 1 is 1.24 bits per heavy atom. The van der Waals surface area contributed by atoms with Gasteiger partial charge in [0.1, 0.15) is 16.9 Å². The van der Waals surface area contributed by atoms with Crippen LogP contribution in [-0.2, 0) is 0 Å². The maximum absolute atomic E-state index is 12.7. The molecule has 1 aromatic carbocycles. The minimum Gasteiger partial charge on any atom is -0.459 e. The summed E-state index contributed by atoms with van der Waals surface area (Å²) < 4.78 is 7.50. The molecule has 1 atom stereocenters. The first-order valence-corrected chi connectivity index (χ1v) is 8.14. The Bertz CT molecular complexity index is 1060. The van der Waals surface area contributed by atoms with Gasteiger partial charge in [-0.25, -0.2) is 9.50 Å². The Morgan fingerprint density at radius 2 is 2.04 bits per heavy atom. The number of amides is 1. The van der Waals surface area contributed by atoms with Crippen molar-refractivity contribution < 1.29 is 9.21 Å². The number of nitrogens with one attached hydrogen (secondary N) is 1. The fraction of sp³-hybridized carbons (Fsp3) is 0.211. The van der Waals surface area contributed by atoms with Crippen LogP contribution in [0.25, 0.3) is 16.6 Å². The maximum atomic E-state index is 12.7. The van der Waals surface area contributed by atoms with Gasteiger partial charge in [0.15, 0.2) is 5.65 Å². The predicted octanol–water partition coefficient (Wildman–Crippen LogP) is 3.58. The number of hydrogen-bond acceptors (Lipinski definition) is 4. The van der Waals surface area contributed by atoms with Gasteiger partial charge in [-0.3, -0.25) is 4.79 Å². The van der Waals surface area contributed by atoms with Crippen molar-refractivity contribution >= 4 is 22.5 Å². The minimum atomic E-state index is -0.263. The molecular weight excluding hydrogens is 316 g/mol. The van der Waals surface area contributed by atoms with Crippen molar-refractivity contribution in [2.45, 2.75) is 26.8 Å². The lowest BCUT2D eigenvalue weighted by Gasteiger charge is -2.10. The normalized spacial score (nSPS) is 12.6. The van der Waals surface area contributed by atoms with Crippen molar-refractivity contribution in [2.75, 3.05) is 0 Å². The molecule has 3 aromatic heterocycles. The highest BCUT2D eigenvalue weighted by molar-refractivity contribution is 5.99. The highest BCUT2D eigenvalue weighted by atomic mass is 16.3. The molecule has 1 amide bonds. The lowest BCUT2D eigenvalue weighted by Crippen LogP contribution is -2.26. The topological polar surface area (TPSA) is 72.4 Å². The molecule has 1 unspecified atom stereocenters. The smallest absolute Gasteiger partial charge is 0.257 e. The van der Waals surface area contributed by atoms with Crippen LogP contribution in [0.15, 0.2) is 47.0 Å². The molecule has 25 heavy (non-hydrogen) atoms. The van der Waals surface area contributed by atoms with Crippen LogP contribution in [-0.4, -0.2) is 20.5 Å². The summed E-state index contributed by atoms with van der Waals surface area (Å²) in [6.45, 7) is 5.73. The fourth-order valence-electron chi connectivity index (χ4n) is 2.99. The third-order valence-electron chi connectivity index (χ3n) is 4.24. The van der Waals surface area contributed by atoms with E-state index < -0.39 is 0 Å². The summed E-state index contributed by atoms with van der Waals surface area (Å²) >= 11 is 0. The zero-order valence-electron chi connectivity index (χ0n) is 14.3. The van der Waals surface area contributed by atoms with Crippen LogP contribution in [0.5, 0.6) is 0 Å². The number of nitrogens with zero attached hydrogens (tertiary/aromatic N) is 3. The molecule has 3 heterocycles. The van der Waals surface area contributed by atoms with Gasteiger partial charge in [0.25, 0.3) is 5.91 Å². The van der Waals surface area contributed by atoms with Gasteiger partial charge in [-0.15, -0.1) is 0 Å². The minimum absolute atomic E-state index is 0.222. The summed E-state index contributed by atoms with van der Waals surface area (Å²) in [5, 5.41) is 8.25. The van der Waals surface area contributed by atoms with E-state index >= 15 is 0 Å². The van der Waals surface area contributed by atoms with E-state index in [-0.39, 0.29) is 11.9 Å². The first kappa shape index (κ1) is 15.4. The average molecular weight is 334 g/mol. The van der Waals surface area contributed by atoms with E-state index in [9.17, 15) is 4.79 Å². The average Bonchev–Trinajstić information content (AvgIpc) is 3.18. The van der Waals surface area contributed by atoms with Gasteiger partial charge >= 0.3 is 0 Å². The van der Waals surface area contributed by atoms with Gasteiger partial charge in [0.05, 0.1) is 12.2 Å². The van der Waals surface area contributed by atoms with Gasteiger partial charge in [-0.05, 0) is 39.0 Å². The number of hydrogen-bond donors (Lipinski definition) is 1. The first-order valence-electron chi connectivity index (χ1n) is 8.14. The zero-order chi connectivity index (χ0) is 17.6. The quantitative estimate of drug-likeness (QED) is 0.621. The van der Waals surface area contributed by atoms with Crippen molar-refractivity contribution in [3.8, 4) is 0 Å². The molecule has 6 heteroatoms. The summed E-state index contributed by atoms with van der Waals surface area (Å²) in [7, 11) is 0. The molecule has 6 nitrogen and oxygen atoms in total. The lowest BCUT2D eigenvalue weighted by molar-refractivity contribution is 0.0937. The number of benzene rings is 1. The summed E-state index contributed by atoms with van der Waals surface area (Å²) in [5.74, 6) is 0.492. The molecule has 4 aromatic rings.